The molecule has 0 aliphatic carbocycles. The van der Waals surface area contributed by atoms with Crippen LogP contribution in [0.3, 0.4) is 0 Å². The molecule has 102 valence electrons. The predicted molar refractivity (Wildman–Crippen MR) is 74.4 cm³/mol. The Kier molecular flexibility index (Phi) is 5.44. The Bertz CT molecular complexity index is 392. The van der Waals surface area contributed by atoms with Gasteiger partial charge in [0, 0.05) is 11.6 Å². The summed E-state index contributed by atoms with van der Waals surface area (Å²) >= 11 is 0. The number of hydrogen-bond donors (Lipinski definition) is 1. The van der Waals surface area contributed by atoms with Crippen LogP contribution in [0.1, 0.15) is 23.6 Å². The van der Waals surface area contributed by atoms with Gasteiger partial charge in [0.1, 0.15) is 11.5 Å². The maximum Gasteiger partial charge on any atom is 0.124 e. The van der Waals surface area contributed by atoms with Crippen molar-refractivity contribution in [3.05, 3.63) is 23.3 Å². The van der Waals surface area contributed by atoms with Gasteiger partial charge in [0.15, 0.2) is 0 Å². The van der Waals surface area contributed by atoms with Crippen molar-refractivity contribution in [3.8, 4) is 11.5 Å². The van der Waals surface area contributed by atoms with E-state index >= 15 is 0 Å². The van der Waals surface area contributed by atoms with Gasteiger partial charge in [-0.05, 0) is 51.7 Å². The standard InChI is InChI=1S/C14H24N2O2/c1-10-8-14(18-5)11(9-13(10)17-4)12(15)6-7-16(2)3/h8-9,12H,6-7,15H2,1-5H3. The van der Waals surface area contributed by atoms with Crippen LogP contribution < -0.4 is 15.2 Å². The molecule has 1 atom stereocenters. The predicted octanol–water partition coefficient (Wildman–Crippen LogP) is 1.96. The van der Waals surface area contributed by atoms with Crippen molar-refractivity contribution in [2.24, 2.45) is 5.73 Å². The maximum atomic E-state index is 6.23. The molecule has 0 spiro atoms. The third-order valence-corrected chi connectivity index (χ3v) is 3.03. The van der Waals surface area contributed by atoms with E-state index in [1.165, 1.54) is 0 Å². The molecule has 0 saturated carbocycles. The smallest absolute Gasteiger partial charge is 0.124 e. The number of nitrogens with two attached hydrogens (primary N) is 1. The van der Waals surface area contributed by atoms with E-state index in [1.807, 2.05) is 33.2 Å². The highest BCUT2D eigenvalue weighted by atomic mass is 16.5. The lowest BCUT2D eigenvalue weighted by molar-refractivity contribution is 0.369. The molecule has 0 amide bonds. The minimum Gasteiger partial charge on any atom is -0.496 e. The second-order valence-corrected chi connectivity index (χ2v) is 4.76. The van der Waals surface area contributed by atoms with Gasteiger partial charge in [-0.15, -0.1) is 0 Å². The van der Waals surface area contributed by atoms with Gasteiger partial charge in [-0.3, -0.25) is 0 Å². The molecule has 4 heteroatoms. The fourth-order valence-electron chi connectivity index (χ4n) is 1.92. The van der Waals surface area contributed by atoms with E-state index < -0.39 is 0 Å². The number of benzene rings is 1. The molecule has 4 nitrogen and oxygen atoms in total. The van der Waals surface area contributed by atoms with Crippen molar-refractivity contribution in [1.82, 2.24) is 4.90 Å². The number of rotatable bonds is 6. The molecule has 18 heavy (non-hydrogen) atoms. The highest BCUT2D eigenvalue weighted by Gasteiger charge is 2.15. The van der Waals surface area contributed by atoms with Gasteiger partial charge in [0.25, 0.3) is 0 Å². The van der Waals surface area contributed by atoms with Crippen molar-refractivity contribution >= 4 is 0 Å². The summed E-state index contributed by atoms with van der Waals surface area (Å²) in [6.45, 7) is 2.94. The van der Waals surface area contributed by atoms with Crippen LogP contribution in [0.15, 0.2) is 12.1 Å². The Hall–Kier alpha value is -1.26. The molecule has 1 aromatic rings. The lowest BCUT2D eigenvalue weighted by Gasteiger charge is -2.19. The van der Waals surface area contributed by atoms with Crippen molar-refractivity contribution in [2.45, 2.75) is 19.4 Å². The average molecular weight is 252 g/mol. The zero-order valence-electron chi connectivity index (χ0n) is 12.0. The number of ether oxygens (including phenoxy) is 2. The van der Waals surface area contributed by atoms with Crippen LogP contribution in [-0.2, 0) is 0 Å². The Morgan fingerprint density at radius 3 is 2.28 bits per heavy atom. The first kappa shape index (κ1) is 14.8. The lowest BCUT2D eigenvalue weighted by Crippen LogP contribution is -2.20. The molecular formula is C14H24N2O2. The molecule has 0 heterocycles. The molecule has 0 aliphatic heterocycles. The Morgan fingerprint density at radius 2 is 1.78 bits per heavy atom. The van der Waals surface area contributed by atoms with E-state index in [-0.39, 0.29) is 6.04 Å². The molecule has 2 N–H and O–H groups in total. The van der Waals surface area contributed by atoms with Crippen LogP contribution in [0, 0.1) is 6.92 Å². The van der Waals surface area contributed by atoms with Crippen LogP contribution in [0.4, 0.5) is 0 Å². The van der Waals surface area contributed by atoms with Crippen molar-refractivity contribution < 1.29 is 9.47 Å². The molecule has 1 unspecified atom stereocenters. The number of nitrogens with zero attached hydrogens (tertiary/aromatic N) is 1. The quantitative estimate of drug-likeness (QED) is 0.841. The first-order valence-electron chi connectivity index (χ1n) is 6.12. The Labute approximate surface area is 110 Å². The highest BCUT2D eigenvalue weighted by Crippen LogP contribution is 2.32. The van der Waals surface area contributed by atoms with E-state index in [1.54, 1.807) is 14.2 Å². The molecule has 0 aliphatic rings. The molecule has 0 radical (unpaired) electrons. The molecule has 0 aromatic heterocycles. The van der Waals surface area contributed by atoms with Gasteiger partial charge in [0.2, 0.25) is 0 Å². The van der Waals surface area contributed by atoms with Crippen LogP contribution >= 0.6 is 0 Å². The van der Waals surface area contributed by atoms with E-state index in [0.717, 1.165) is 35.6 Å². The summed E-state index contributed by atoms with van der Waals surface area (Å²) in [7, 11) is 7.42. The minimum absolute atomic E-state index is 0.0446. The Balaban J connectivity index is 2.97. The SMILES string of the molecule is COc1cc(C(N)CCN(C)C)c(OC)cc1C. The van der Waals surface area contributed by atoms with Gasteiger partial charge < -0.3 is 20.1 Å². The van der Waals surface area contributed by atoms with Gasteiger partial charge >= 0.3 is 0 Å². The third kappa shape index (κ3) is 3.62. The number of methoxy groups -OCH3 is 2. The first-order chi connectivity index (χ1) is 8.49. The van der Waals surface area contributed by atoms with Gasteiger partial charge in [0.05, 0.1) is 14.2 Å². The van der Waals surface area contributed by atoms with Crippen molar-refractivity contribution in [1.29, 1.82) is 0 Å². The Morgan fingerprint density at radius 1 is 1.17 bits per heavy atom. The summed E-state index contributed by atoms with van der Waals surface area (Å²) in [6.07, 6.45) is 0.884. The van der Waals surface area contributed by atoms with Crippen LogP contribution in [0.5, 0.6) is 11.5 Å². The van der Waals surface area contributed by atoms with Crippen molar-refractivity contribution in [2.75, 3.05) is 34.9 Å². The van der Waals surface area contributed by atoms with Crippen molar-refractivity contribution in [3.63, 3.8) is 0 Å². The van der Waals surface area contributed by atoms with Crippen LogP contribution in [0.25, 0.3) is 0 Å². The lowest BCUT2D eigenvalue weighted by atomic mass is 10.0. The van der Waals surface area contributed by atoms with Crippen LogP contribution in [0.2, 0.25) is 0 Å². The average Bonchev–Trinajstić information content (AvgIpc) is 2.35. The summed E-state index contributed by atoms with van der Waals surface area (Å²) in [6, 6.07) is 3.91. The van der Waals surface area contributed by atoms with E-state index in [0.29, 0.717) is 0 Å². The second kappa shape index (κ2) is 6.61. The molecule has 0 bridgehead atoms. The first-order valence-corrected chi connectivity index (χ1v) is 6.12. The van der Waals surface area contributed by atoms with E-state index in [9.17, 15) is 0 Å². The molecule has 0 fully saturated rings. The monoisotopic (exact) mass is 252 g/mol. The van der Waals surface area contributed by atoms with Gasteiger partial charge in [-0.25, -0.2) is 0 Å². The largest absolute Gasteiger partial charge is 0.496 e. The minimum atomic E-state index is -0.0446. The van der Waals surface area contributed by atoms with E-state index in [4.69, 9.17) is 15.2 Å². The molecular weight excluding hydrogens is 228 g/mol. The summed E-state index contributed by atoms with van der Waals surface area (Å²) in [5, 5.41) is 0. The summed E-state index contributed by atoms with van der Waals surface area (Å²) in [4.78, 5) is 2.12. The molecule has 0 saturated heterocycles. The highest BCUT2D eigenvalue weighted by molar-refractivity contribution is 5.47. The second-order valence-electron chi connectivity index (χ2n) is 4.76. The zero-order valence-corrected chi connectivity index (χ0v) is 12.0. The summed E-state index contributed by atoms with van der Waals surface area (Å²) in [5.41, 5.74) is 8.29. The molecule has 1 rings (SSSR count). The topological polar surface area (TPSA) is 47.7 Å². The zero-order chi connectivity index (χ0) is 13.7. The fourth-order valence-corrected chi connectivity index (χ4v) is 1.92. The number of aryl methyl sites for hydroxylation is 1. The third-order valence-electron chi connectivity index (χ3n) is 3.03. The van der Waals surface area contributed by atoms with Gasteiger partial charge in [-0.2, -0.15) is 0 Å². The van der Waals surface area contributed by atoms with Gasteiger partial charge in [-0.1, -0.05) is 0 Å². The maximum absolute atomic E-state index is 6.23. The van der Waals surface area contributed by atoms with E-state index in [2.05, 4.69) is 4.90 Å². The summed E-state index contributed by atoms with van der Waals surface area (Å²) < 4.78 is 10.7. The van der Waals surface area contributed by atoms with Crippen LogP contribution in [-0.4, -0.2) is 39.8 Å². The fraction of sp³-hybridized carbons (Fsp3) is 0.571. The number of hydrogen-bond acceptors (Lipinski definition) is 4. The normalized spacial score (nSPS) is 12.6. The summed E-state index contributed by atoms with van der Waals surface area (Å²) in [5.74, 6) is 1.69. The molecule has 1 aromatic carbocycles.